The van der Waals surface area contributed by atoms with Crippen molar-refractivity contribution in [3.05, 3.63) is 35.4 Å². The van der Waals surface area contributed by atoms with Gasteiger partial charge >= 0.3 is 5.97 Å². The van der Waals surface area contributed by atoms with Gasteiger partial charge in [0.1, 0.15) is 0 Å². The second-order valence-electron chi connectivity index (χ2n) is 6.74. The summed E-state index contributed by atoms with van der Waals surface area (Å²) in [6, 6.07) is 8.74. The standard InChI is InChI=1S/C13H18O2.C6H13N/c1-9(2)12-6-4-11(5-7-12)8-10(3)13(14)15;7-6-4-2-1-3-5-6/h4-7,9-10H,8H2,1-3H3,(H,14,15);6H,1-5,7H2. The molecular weight excluding hydrogens is 274 g/mol. The molecule has 0 aromatic heterocycles. The van der Waals surface area contributed by atoms with Crippen molar-refractivity contribution in [1.29, 1.82) is 0 Å². The Labute approximate surface area is 134 Å². The summed E-state index contributed by atoms with van der Waals surface area (Å²) in [5.41, 5.74) is 8.02. The van der Waals surface area contributed by atoms with Crippen LogP contribution in [0.1, 0.15) is 69.9 Å². The normalized spacial score (nSPS) is 16.8. The molecule has 1 fully saturated rings. The van der Waals surface area contributed by atoms with Crippen molar-refractivity contribution in [3.63, 3.8) is 0 Å². The van der Waals surface area contributed by atoms with Crippen molar-refractivity contribution in [2.45, 2.75) is 71.3 Å². The lowest BCUT2D eigenvalue weighted by atomic mass is 9.97. The molecule has 0 amide bonds. The second-order valence-corrected chi connectivity index (χ2v) is 6.74. The van der Waals surface area contributed by atoms with Crippen LogP contribution in [0, 0.1) is 5.92 Å². The van der Waals surface area contributed by atoms with Gasteiger partial charge < -0.3 is 10.8 Å². The quantitative estimate of drug-likeness (QED) is 0.869. The van der Waals surface area contributed by atoms with E-state index < -0.39 is 5.97 Å². The predicted molar refractivity (Wildman–Crippen MR) is 92.1 cm³/mol. The molecule has 1 aliphatic carbocycles. The van der Waals surface area contributed by atoms with Crippen LogP contribution in [-0.4, -0.2) is 17.1 Å². The van der Waals surface area contributed by atoms with Crippen LogP contribution in [0.15, 0.2) is 24.3 Å². The molecule has 1 atom stereocenters. The Morgan fingerprint density at radius 2 is 1.68 bits per heavy atom. The Kier molecular flexibility index (Phi) is 8.18. The first-order valence-corrected chi connectivity index (χ1v) is 8.47. The van der Waals surface area contributed by atoms with E-state index in [2.05, 4.69) is 26.0 Å². The Morgan fingerprint density at radius 3 is 2.05 bits per heavy atom. The molecular formula is C19H31NO2. The molecule has 124 valence electrons. The molecule has 3 N–H and O–H groups in total. The molecule has 0 saturated heterocycles. The molecule has 3 heteroatoms. The molecule has 1 aromatic carbocycles. The molecule has 1 aliphatic rings. The molecule has 0 bridgehead atoms. The molecule has 1 saturated carbocycles. The summed E-state index contributed by atoms with van der Waals surface area (Å²) in [4.78, 5) is 10.7. The lowest BCUT2D eigenvalue weighted by molar-refractivity contribution is -0.141. The van der Waals surface area contributed by atoms with Crippen molar-refractivity contribution in [3.8, 4) is 0 Å². The van der Waals surface area contributed by atoms with Crippen LogP contribution in [-0.2, 0) is 11.2 Å². The summed E-state index contributed by atoms with van der Waals surface area (Å²) in [6.07, 6.45) is 7.27. The first-order chi connectivity index (χ1) is 10.4. The Bertz CT molecular complexity index is 433. The maximum atomic E-state index is 10.7. The zero-order chi connectivity index (χ0) is 16.5. The summed E-state index contributed by atoms with van der Waals surface area (Å²) in [5, 5.41) is 8.79. The van der Waals surface area contributed by atoms with Gasteiger partial charge in [-0.1, -0.05) is 64.3 Å². The fourth-order valence-corrected chi connectivity index (χ4v) is 2.61. The van der Waals surface area contributed by atoms with Crippen molar-refractivity contribution in [2.24, 2.45) is 11.7 Å². The van der Waals surface area contributed by atoms with E-state index in [0.29, 0.717) is 18.4 Å². The van der Waals surface area contributed by atoms with Crippen LogP contribution in [0.4, 0.5) is 0 Å². The van der Waals surface area contributed by atoms with Crippen LogP contribution in [0.2, 0.25) is 0 Å². The number of hydrogen-bond acceptors (Lipinski definition) is 2. The second kappa shape index (κ2) is 9.62. The number of benzene rings is 1. The van der Waals surface area contributed by atoms with Gasteiger partial charge in [-0.3, -0.25) is 4.79 Å². The van der Waals surface area contributed by atoms with Gasteiger partial charge in [-0.2, -0.15) is 0 Å². The van der Waals surface area contributed by atoms with E-state index in [4.69, 9.17) is 10.8 Å². The van der Waals surface area contributed by atoms with Crippen LogP contribution >= 0.6 is 0 Å². The van der Waals surface area contributed by atoms with E-state index >= 15 is 0 Å². The van der Waals surface area contributed by atoms with E-state index in [1.807, 2.05) is 12.1 Å². The van der Waals surface area contributed by atoms with E-state index in [-0.39, 0.29) is 5.92 Å². The van der Waals surface area contributed by atoms with Crippen LogP contribution < -0.4 is 5.73 Å². The van der Waals surface area contributed by atoms with Crippen molar-refractivity contribution >= 4 is 5.97 Å². The third kappa shape index (κ3) is 7.08. The minimum atomic E-state index is -0.733. The van der Waals surface area contributed by atoms with E-state index in [1.54, 1.807) is 6.92 Å². The number of hydrogen-bond donors (Lipinski definition) is 2. The minimum absolute atomic E-state index is 0.310. The fraction of sp³-hybridized carbons (Fsp3) is 0.632. The van der Waals surface area contributed by atoms with Gasteiger partial charge in [0.2, 0.25) is 0 Å². The SMILES string of the molecule is CC(Cc1ccc(C(C)C)cc1)C(=O)O.NC1CCCCC1. The highest BCUT2D eigenvalue weighted by molar-refractivity contribution is 5.69. The molecule has 22 heavy (non-hydrogen) atoms. The van der Waals surface area contributed by atoms with Crippen molar-refractivity contribution in [2.75, 3.05) is 0 Å². The van der Waals surface area contributed by atoms with Gasteiger partial charge in [0.15, 0.2) is 0 Å². The third-order valence-corrected chi connectivity index (χ3v) is 4.26. The molecule has 0 aliphatic heterocycles. The van der Waals surface area contributed by atoms with E-state index in [1.165, 1.54) is 37.7 Å². The topological polar surface area (TPSA) is 63.3 Å². The van der Waals surface area contributed by atoms with Crippen LogP contribution in [0.25, 0.3) is 0 Å². The zero-order valence-electron chi connectivity index (χ0n) is 14.2. The number of aliphatic carboxylic acids is 1. The Morgan fingerprint density at radius 1 is 1.14 bits per heavy atom. The maximum Gasteiger partial charge on any atom is 0.306 e. The van der Waals surface area contributed by atoms with Crippen molar-refractivity contribution < 1.29 is 9.90 Å². The third-order valence-electron chi connectivity index (χ3n) is 4.26. The predicted octanol–water partition coefficient (Wildman–Crippen LogP) is 4.35. The summed E-state index contributed by atoms with van der Waals surface area (Å²) < 4.78 is 0. The fourth-order valence-electron chi connectivity index (χ4n) is 2.61. The molecule has 1 aromatic rings. The smallest absolute Gasteiger partial charge is 0.306 e. The first kappa shape index (κ1) is 18.7. The van der Waals surface area contributed by atoms with E-state index in [0.717, 1.165) is 5.56 Å². The van der Waals surface area contributed by atoms with Crippen LogP contribution in [0.5, 0.6) is 0 Å². The molecule has 0 spiro atoms. The first-order valence-electron chi connectivity index (χ1n) is 8.47. The highest BCUT2D eigenvalue weighted by Crippen LogP contribution is 2.16. The zero-order valence-corrected chi connectivity index (χ0v) is 14.2. The number of nitrogens with two attached hydrogens (primary N) is 1. The van der Waals surface area contributed by atoms with E-state index in [9.17, 15) is 4.79 Å². The summed E-state index contributed by atoms with van der Waals surface area (Å²) in [7, 11) is 0. The van der Waals surface area contributed by atoms with Crippen molar-refractivity contribution in [1.82, 2.24) is 0 Å². The van der Waals surface area contributed by atoms with Gasteiger partial charge in [-0.15, -0.1) is 0 Å². The van der Waals surface area contributed by atoms with Gasteiger partial charge in [0.05, 0.1) is 5.92 Å². The summed E-state index contributed by atoms with van der Waals surface area (Å²) >= 11 is 0. The van der Waals surface area contributed by atoms with Gasteiger partial charge in [0.25, 0.3) is 0 Å². The average molecular weight is 305 g/mol. The van der Waals surface area contributed by atoms with Crippen LogP contribution in [0.3, 0.4) is 0 Å². The largest absolute Gasteiger partial charge is 0.481 e. The van der Waals surface area contributed by atoms with Gasteiger partial charge in [-0.25, -0.2) is 0 Å². The summed E-state index contributed by atoms with van der Waals surface area (Å²) in [5.74, 6) is -0.520. The molecule has 2 rings (SSSR count). The average Bonchev–Trinajstić information content (AvgIpc) is 2.49. The Hall–Kier alpha value is -1.35. The monoisotopic (exact) mass is 305 g/mol. The molecule has 3 nitrogen and oxygen atoms in total. The van der Waals surface area contributed by atoms with Gasteiger partial charge in [0, 0.05) is 6.04 Å². The minimum Gasteiger partial charge on any atom is -0.481 e. The highest BCUT2D eigenvalue weighted by Gasteiger charge is 2.11. The number of carboxylic acids is 1. The summed E-state index contributed by atoms with van der Waals surface area (Å²) in [6.45, 7) is 6.03. The molecule has 0 heterocycles. The Balaban J connectivity index is 0.000000287. The number of carbonyl (C=O) groups is 1. The highest BCUT2D eigenvalue weighted by atomic mass is 16.4. The number of carboxylic acid groups (broad SMARTS) is 1. The lowest BCUT2D eigenvalue weighted by Gasteiger charge is -2.15. The lowest BCUT2D eigenvalue weighted by Crippen LogP contribution is -2.22. The van der Waals surface area contributed by atoms with Gasteiger partial charge in [-0.05, 0) is 36.3 Å². The maximum absolute atomic E-state index is 10.7. The number of rotatable bonds is 4. The molecule has 0 radical (unpaired) electrons. The molecule has 1 unspecified atom stereocenters.